The Morgan fingerprint density at radius 1 is 0.902 bits per heavy atom. The molecule has 0 fully saturated rings. The van der Waals surface area contributed by atoms with E-state index >= 15 is 0 Å². The quantitative estimate of drug-likeness (QED) is 0.238. The van der Waals surface area contributed by atoms with Crippen molar-refractivity contribution in [2.24, 2.45) is 0 Å². The van der Waals surface area contributed by atoms with Crippen LogP contribution >= 0.6 is 11.6 Å². The summed E-state index contributed by atoms with van der Waals surface area (Å²) in [6.45, 7) is 6.15. The molecule has 0 saturated heterocycles. The zero-order valence-corrected chi connectivity index (χ0v) is 25.8. The molecular weight excluding hydrogens is 558 g/mol. The summed E-state index contributed by atoms with van der Waals surface area (Å²) in [6, 6.07) is 22.9. The van der Waals surface area contributed by atoms with E-state index in [9.17, 15) is 18.0 Å². The number of amides is 2. The maximum Gasteiger partial charge on any atom is 0.244 e. The molecule has 41 heavy (non-hydrogen) atoms. The van der Waals surface area contributed by atoms with E-state index < -0.39 is 28.5 Å². The van der Waals surface area contributed by atoms with Crippen molar-refractivity contribution in [2.75, 3.05) is 23.7 Å². The summed E-state index contributed by atoms with van der Waals surface area (Å²) in [5.74, 6) is -0.723. The van der Waals surface area contributed by atoms with Gasteiger partial charge in [0.05, 0.1) is 11.9 Å². The Morgan fingerprint density at radius 2 is 1.54 bits per heavy atom. The Morgan fingerprint density at radius 3 is 2.15 bits per heavy atom. The zero-order valence-electron chi connectivity index (χ0n) is 24.2. The van der Waals surface area contributed by atoms with E-state index in [-0.39, 0.29) is 24.8 Å². The van der Waals surface area contributed by atoms with Crippen LogP contribution in [-0.2, 0) is 32.6 Å². The fraction of sp³-hybridized carbons (Fsp3) is 0.375. The third-order valence-electron chi connectivity index (χ3n) is 6.87. The summed E-state index contributed by atoms with van der Waals surface area (Å²) >= 11 is 6.11. The number of para-hydroxylation sites is 1. The van der Waals surface area contributed by atoms with Crippen molar-refractivity contribution in [1.29, 1.82) is 0 Å². The summed E-state index contributed by atoms with van der Waals surface area (Å²) in [5, 5.41) is 3.54. The molecule has 1 N–H and O–H groups in total. The Hall–Kier alpha value is -3.36. The SMILES string of the molecule is CCCCNC(=O)C(Cc1ccccc1)N(Cc1ccc(Cl)cc1)C(=O)CN(c1ccccc1C(C)C)S(C)(=O)=O. The van der Waals surface area contributed by atoms with Crippen LogP contribution in [0.3, 0.4) is 0 Å². The topological polar surface area (TPSA) is 86.8 Å². The van der Waals surface area contributed by atoms with Crippen LogP contribution in [0, 0.1) is 0 Å². The monoisotopic (exact) mass is 597 g/mol. The minimum atomic E-state index is -3.84. The highest BCUT2D eigenvalue weighted by Crippen LogP contribution is 2.29. The number of anilines is 1. The normalized spacial score (nSPS) is 12.1. The average molecular weight is 598 g/mol. The van der Waals surface area contributed by atoms with Crippen LogP contribution in [0.5, 0.6) is 0 Å². The lowest BCUT2D eigenvalue weighted by molar-refractivity contribution is -0.140. The highest BCUT2D eigenvalue weighted by Gasteiger charge is 2.33. The maximum absolute atomic E-state index is 14.2. The van der Waals surface area contributed by atoms with Gasteiger partial charge in [0.25, 0.3) is 0 Å². The second-order valence-corrected chi connectivity index (χ2v) is 12.8. The van der Waals surface area contributed by atoms with Crippen LogP contribution in [-0.4, -0.2) is 50.5 Å². The van der Waals surface area contributed by atoms with Crippen LogP contribution in [0.15, 0.2) is 78.9 Å². The fourth-order valence-electron chi connectivity index (χ4n) is 4.64. The average Bonchev–Trinajstić information content (AvgIpc) is 2.94. The molecule has 3 aromatic carbocycles. The lowest BCUT2D eigenvalue weighted by Gasteiger charge is -2.34. The van der Waals surface area contributed by atoms with Crippen LogP contribution in [0.4, 0.5) is 5.69 Å². The highest BCUT2D eigenvalue weighted by molar-refractivity contribution is 7.92. The largest absolute Gasteiger partial charge is 0.354 e. The standard InChI is InChI=1S/C32H40ClN3O4S/c1-5-6-20-34-32(38)30(21-25-12-8-7-9-13-25)35(22-26-16-18-27(33)19-17-26)31(37)23-36(41(4,39)40)29-15-11-10-14-28(29)24(2)3/h7-19,24,30H,5-6,20-23H2,1-4H3,(H,34,38). The minimum absolute atomic E-state index is 0.0332. The van der Waals surface area contributed by atoms with Gasteiger partial charge in [-0.2, -0.15) is 0 Å². The van der Waals surface area contributed by atoms with E-state index in [2.05, 4.69) is 5.32 Å². The lowest BCUT2D eigenvalue weighted by atomic mass is 10.0. The summed E-state index contributed by atoms with van der Waals surface area (Å²) in [4.78, 5) is 29.4. The second kappa shape index (κ2) is 15.0. The number of unbranched alkanes of at least 4 members (excludes halogenated alkanes) is 1. The van der Waals surface area contributed by atoms with E-state index in [1.165, 1.54) is 4.90 Å². The van der Waals surface area contributed by atoms with Gasteiger partial charge in [-0.1, -0.05) is 99.5 Å². The Balaban J connectivity index is 2.06. The van der Waals surface area contributed by atoms with Gasteiger partial charge in [-0.25, -0.2) is 8.42 Å². The predicted molar refractivity (Wildman–Crippen MR) is 167 cm³/mol. The van der Waals surface area contributed by atoms with Gasteiger partial charge in [0.15, 0.2) is 0 Å². The van der Waals surface area contributed by atoms with Crippen molar-refractivity contribution in [3.05, 3.63) is 101 Å². The number of nitrogens with one attached hydrogen (secondary N) is 1. The number of halogens is 1. The van der Waals surface area contributed by atoms with Gasteiger partial charge in [0, 0.05) is 24.5 Å². The van der Waals surface area contributed by atoms with Gasteiger partial charge < -0.3 is 10.2 Å². The molecule has 220 valence electrons. The third-order valence-corrected chi connectivity index (χ3v) is 8.25. The first kappa shape index (κ1) is 32.2. The van der Waals surface area contributed by atoms with Crippen molar-refractivity contribution >= 4 is 39.1 Å². The predicted octanol–water partition coefficient (Wildman–Crippen LogP) is 5.79. The molecule has 0 radical (unpaired) electrons. The number of benzene rings is 3. The molecule has 1 unspecified atom stereocenters. The summed E-state index contributed by atoms with van der Waals surface area (Å²) in [6.07, 6.45) is 3.10. The number of carbonyl (C=O) groups excluding carboxylic acids is 2. The molecule has 0 saturated carbocycles. The van der Waals surface area contributed by atoms with Crippen LogP contribution in [0.1, 0.15) is 56.2 Å². The third kappa shape index (κ3) is 9.33. The number of nitrogens with zero attached hydrogens (tertiary/aromatic N) is 2. The van der Waals surface area contributed by atoms with Gasteiger partial charge >= 0.3 is 0 Å². The van der Waals surface area contributed by atoms with E-state index in [1.807, 2.05) is 63.2 Å². The van der Waals surface area contributed by atoms with Crippen LogP contribution < -0.4 is 9.62 Å². The van der Waals surface area contributed by atoms with Crippen molar-refractivity contribution in [3.63, 3.8) is 0 Å². The first-order valence-corrected chi connectivity index (χ1v) is 16.2. The number of sulfonamides is 1. The van der Waals surface area contributed by atoms with Gasteiger partial charge in [-0.05, 0) is 47.2 Å². The van der Waals surface area contributed by atoms with Gasteiger partial charge in [-0.15, -0.1) is 0 Å². The molecule has 0 aliphatic rings. The fourth-order valence-corrected chi connectivity index (χ4v) is 5.64. The summed E-state index contributed by atoms with van der Waals surface area (Å²) in [5.41, 5.74) is 2.93. The first-order valence-electron chi connectivity index (χ1n) is 13.9. The molecule has 2 amide bonds. The maximum atomic E-state index is 14.2. The lowest BCUT2D eigenvalue weighted by Crippen LogP contribution is -2.53. The van der Waals surface area contributed by atoms with Gasteiger partial charge in [-0.3, -0.25) is 13.9 Å². The smallest absolute Gasteiger partial charge is 0.244 e. The number of rotatable bonds is 14. The molecule has 7 nitrogen and oxygen atoms in total. The Labute approximate surface area is 249 Å². The van der Waals surface area contributed by atoms with E-state index in [0.29, 0.717) is 17.3 Å². The highest BCUT2D eigenvalue weighted by atomic mass is 35.5. The first-order chi connectivity index (χ1) is 19.5. The van der Waals surface area contributed by atoms with Crippen LogP contribution in [0.2, 0.25) is 5.02 Å². The van der Waals surface area contributed by atoms with Gasteiger partial charge in [0.2, 0.25) is 21.8 Å². The molecule has 0 aliphatic carbocycles. The molecule has 3 aromatic rings. The second-order valence-electron chi connectivity index (χ2n) is 10.5. The molecule has 0 heterocycles. The number of hydrogen-bond donors (Lipinski definition) is 1. The van der Waals surface area contributed by atoms with E-state index in [0.717, 1.165) is 40.1 Å². The molecule has 0 bridgehead atoms. The number of carbonyl (C=O) groups is 2. The number of hydrogen-bond acceptors (Lipinski definition) is 4. The molecule has 0 aliphatic heterocycles. The molecule has 0 spiro atoms. The summed E-state index contributed by atoms with van der Waals surface area (Å²) < 4.78 is 27.3. The molecule has 0 aromatic heterocycles. The van der Waals surface area contributed by atoms with Crippen molar-refractivity contribution in [1.82, 2.24) is 10.2 Å². The van der Waals surface area contributed by atoms with Crippen molar-refractivity contribution in [3.8, 4) is 0 Å². The minimum Gasteiger partial charge on any atom is -0.354 e. The molecule has 3 rings (SSSR count). The molecule has 1 atom stereocenters. The Kier molecular flexibility index (Phi) is 11.8. The Bertz CT molecular complexity index is 1400. The molecular formula is C32H40ClN3O4S. The van der Waals surface area contributed by atoms with E-state index in [4.69, 9.17) is 11.6 Å². The van der Waals surface area contributed by atoms with Gasteiger partial charge in [0.1, 0.15) is 12.6 Å². The summed E-state index contributed by atoms with van der Waals surface area (Å²) in [7, 11) is -3.84. The van der Waals surface area contributed by atoms with E-state index in [1.54, 1.807) is 36.4 Å². The zero-order chi connectivity index (χ0) is 30.0. The van der Waals surface area contributed by atoms with Crippen molar-refractivity contribution < 1.29 is 18.0 Å². The molecule has 9 heteroatoms. The van der Waals surface area contributed by atoms with Crippen LogP contribution in [0.25, 0.3) is 0 Å². The van der Waals surface area contributed by atoms with Crippen molar-refractivity contribution in [2.45, 2.75) is 58.5 Å².